The Hall–Kier alpha value is -3.22. The highest BCUT2D eigenvalue weighted by Crippen LogP contribution is 2.10. The number of halogens is 1. The first kappa shape index (κ1) is 23.1. The van der Waals surface area contributed by atoms with Gasteiger partial charge < -0.3 is 16.0 Å². The van der Waals surface area contributed by atoms with Crippen molar-refractivity contribution < 1.29 is 18.8 Å². The van der Waals surface area contributed by atoms with Gasteiger partial charge in [-0.15, -0.1) is 0 Å². The Morgan fingerprint density at radius 3 is 2.10 bits per heavy atom. The van der Waals surface area contributed by atoms with E-state index >= 15 is 0 Å². The maximum absolute atomic E-state index is 13.6. The Balaban J connectivity index is 1.89. The molecule has 30 heavy (non-hydrogen) atoms. The first-order valence-corrected chi connectivity index (χ1v) is 9.96. The van der Waals surface area contributed by atoms with Gasteiger partial charge in [0.2, 0.25) is 5.91 Å². The van der Waals surface area contributed by atoms with Crippen LogP contribution in [0, 0.1) is 18.7 Å². The van der Waals surface area contributed by atoms with Crippen LogP contribution in [0.1, 0.15) is 46.5 Å². The van der Waals surface area contributed by atoms with Crippen molar-refractivity contribution in [3.05, 3.63) is 71.0 Å². The van der Waals surface area contributed by atoms with E-state index in [2.05, 4.69) is 16.0 Å². The van der Waals surface area contributed by atoms with Crippen LogP contribution in [0.25, 0.3) is 0 Å². The quantitative estimate of drug-likeness (QED) is 0.553. The van der Waals surface area contributed by atoms with Crippen LogP contribution in [0.4, 0.5) is 4.39 Å². The molecule has 2 rings (SSSR count). The minimum absolute atomic E-state index is 0.0491. The van der Waals surface area contributed by atoms with Crippen molar-refractivity contribution in [2.24, 2.45) is 5.92 Å². The number of carbonyl (C=O) groups is 3. The van der Waals surface area contributed by atoms with Crippen LogP contribution in [0.3, 0.4) is 0 Å². The van der Waals surface area contributed by atoms with Crippen LogP contribution in [0.5, 0.6) is 0 Å². The summed E-state index contributed by atoms with van der Waals surface area (Å²) in [7, 11) is 0. The van der Waals surface area contributed by atoms with Gasteiger partial charge >= 0.3 is 0 Å². The molecule has 0 fully saturated rings. The number of rotatable bonds is 9. The van der Waals surface area contributed by atoms with Crippen molar-refractivity contribution in [3.63, 3.8) is 0 Å². The second-order valence-electron chi connectivity index (χ2n) is 7.50. The summed E-state index contributed by atoms with van der Waals surface area (Å²) in [4.78, 5) is 37.2. The predicted octanol–water partition coefficient (Wildman–Crippen LogP) is 2.82. The Morgan fingerprint density at radius 1 is 0.867 bits per heavy atom. The van der Waals surface area contributed by atoms with Crippen molar-refractivity contribution in [3.8, 4) is 0 Å². The Bertz CT molecular complexity index is 899. The molecule has 3 N–H and O–H groups in total. The maximum atomic E-state index is 13.6. The fraction of sp³-hybridized carbons (Fsp3) is 0.348. The van der Waals surface area contributed by atoms with Crippen LogP contribution in [-0.4, -0.2) is 36.9 Å². The SMILES string of the molecule is Cc1ccccc1C(=O)NC(CC(C)C)C(=O)NCCNC(=O)c1ccccc1F. The van der Waals surface area contributed by atoms with E-state index in [1.165, 1.54) is 18.2 Å². The van der Waals surface area contributed by atoms with E-state index in [1.54, 1.807) is 18.2 Å². The van der Waals surface area contributed by atoms with Gasteiger partial charge in [-0.2, -0.15) is 0 Å². The summed E-state index contributed by atoms with van der Waals surface area (Å²) in [5.41, 5.74) is 1.30. The number of nitrogens with one attached hydrogen (secondary N) is 3. The van der Waals surface area contributed by atoms with Crippen molar-refractivity contribution >= 4 is 17.7 Å². The molecule has 0 saturated carbocycles. The molecular formula is C23H28FN3O3. The topological polar surface area (TPSA) is 87.3 Å². The first-order chi connectivity index (χ1) is 14.3. The van der Waals surface area contributed by atoms with Crippen molar-refractivity contribution in [1.82, 2.24) is 16.0 Å². The summed E-state index contributed by atoms with van der Waals surface area (Å²) in [6.07, 6.45) is 0.477. The van der Waals surface area contributed by atoms with Gasteiger partial charge in [-0.3, -0.25) is 14.4 Å². The molecule has 0 aliphatic rings. The summed E-state index contributed by atoms with van der Waals surface area (Å²) in [5.74, 6) is -1.59. The van der Waals surface area contributed by atoms with Gasteiger partial charge in [-0.1, -0.05) is 44.2 Å². The van der Waals surface area contributed by atoms with Gasteiger partial charge in [0.05, 0.1) is 5.56 Å². The van der Waals surface area contributed by atoms with Gasteiger partial charge in [0.25, 0.3) is 11.8 Å². The zero-order valence-corrected chi connectivity index (χ0v) is 17.5. The number of amides is 3. The Kier molecular flexibility index (Phi) is 8.53. The molecule has 6 nitrogen and oxygen atoms in total. The number of benzene rings is 2. The number of hydrogen-bond acceptors (Lipinski definition) is 3. The molecule has 0 radical (unpaired) electrons. The van der Waals surface area contributed by atoms with Crippen LogP contribution in [0.15, 0.2) is 48.5 Å². The van der Waals surface area contributed by atoms with E-state index in [1.807, 2.05) is 32.9 Å². The van der Waals surface area contributed by atoms with E-state index in [-0.39, 0.29) is 36.4 Å². The molecule has 1 atom stereocenters. The lowest BCUT2D eigenvalue weighted by Crippen LogP contribution is -2.49. The lowest BCUT2D eigenvalue weighted by Gasteiger charge is -2.21. The van der Waals surface area contributed by atoms with Gasteiger partial charge in [0.15, 0.2) is 0 Å². The minimum Gasteiger partial charge on any atom is -0.353 e. The van der Waals surface area contributed by atoms with E-state index in [0.717, 1.165) is 5.56 Å². The molecule has 0 heterocycles. The third kappa shape index (κ3) is 6.69. The lowest BCUT2D eigenvalue weighted by atomic mass is 10.0. The number of hydrogen-bond donors (Lipinski definition) is 3. The molecule has 1 unspecified atom stereocenters. The molecule has 3 amide bonds. The number of aryl methyl sites for hydroxylation is 1. The van der Waals surface area contributed by atoms with E-state index in [9.17, 15) is 18.8 Å². The number of carbonyl (C=O) groups excluding carboxylic acids is 3. The zero-order valence-electron chi connectivity index (χ0n) is 17.5. The summed E-state index contributed by atoms with van der Waals surface area (Å²) in [6.45, 7) is 6.07. The van der Waals surface area contributed by atoms with Crippen LogP contribution in [-0.2, 0) is 4.79 Å². The lowest BCUT2D eigenvalue weighted by molar-refractivity contribution is -0.123. The molecule has 0 bridgehead atoms. The van der Waals surface area contributed by atoms with Gasteiger partial charge in [0.1, 0.15) is 11.9 Å². The Labute approximate surface area is 176 Å². The summed E-state index contributed by atoms with van der Waals surface area (Å²) < 4.78 is 13.6. The molecule has 7 heteroatoms. The molecule has 2 aromatic rings. The highest BCUT2D eigenvalue weighted by molar-refractivity contribution is 5.98. The second-order valence-corrected chi connectivity index (χ2v) is 7.50. The van der Waals surface area contributed by atoms with Crippen molar-refractivity contribution in [1.29, 1.82) is 0 Å². The van der Waals surface area contributed by atoms with Crippen LogP contribution < -0.4 is 16.0 Å². The molecule has 0 saturated heterocycles. The fourth-order valence-electron chi connectivity index (χ4n) is 2.99. The van der Waals surface area contributed by atoms with Gasteiger partial charge in [-0.05, 0) is 43.0 Å². The third-order valence-corrected chi connectivity index (χ3v) is 4.55. The smallest absolute Gasteiger partial charge is 0.254 e. The standard InChI is InChI=1S/C23H28FN3O3/c1-15(2)14-20(27-22(29)17-9-5-4-8-16(17)3)23(30)26-13-12-25-21(28)18-10-6-7-11-19(18)24/h4-11,15,20H,12-14H2,1-3H3,(H,25,28)(H,26,30)(H,27,29). The highest BCUT2D eigenvalue weighted by Gasteiger charge is 2.23. The van der Waals surface area contributed by atoms with Crippen molar-refractivity contribution in [2.45, 2.75) is 33.2 Å². The molecular weight excluding hydrogens is 385 g/mol. The predicted molar refractivity (Wildman–Crippen MR) is 114 cm³/mol. The van der Waals surface area contributed by atoms with Crippen molar-refractivity contribution in [2.75, 3.05) is 13.1 Å². The fourth-order valence-corrected chi connectivity index (χ4v) is 2.99. The largest absolute Gasteiger partial charge is 0.353 e. The zero-order chi connectivity index (χ0) is 22.1. The van der Waals surface area contributed by atoms with E-state index in [0.29, 0.717) is 12.0 Å². The second kappa shape index (κ2) is 11.1. The summed E-state index contributed by atoms with van der Waals surface area (Å²) >= 11 is 0. The Morgan fingerprint density at radius 2 is 1.47 bits per heavy atom. The molecule has 0 aliphatic heterocycles. The molecule has 0 spiro atoms. The monoisotopic (exact) mass is 413 g/mol. The molecule has 0 aliphatic carbocycles. The molecule has 160 valence electrons. The first-order valence-electron chi connectivity index (χ1n) is 9.96. The van der Waals surface area contributed by atoms with Gasteiger partial charge in [-0.25, -0.2) is 4.39 Å². The van der Waals surface area contributed by atoms with Crippen LogP contribution in [0.2, 0.25) is 0 Å². The third-order valence-electron chi connectivity index (χ3n) is 4.55. The average Bonchev–Trinajstić information content (AvgIpc) is 2.70. The van der Waals surface area contributed by atoms with Crippen LogP contribution >= 0.6 is 0 Å². The molecule has 0 aromatic heterocycles. The molecule has 2 aromatic carbocycles. The highest BCUT2D eigenvalue weighted by atomic mass is 19.1. The van der Waals surface area contributed by atoms with E-state index < -0.39 is 17.8 Å². The normalized spacial score (nSPS) is 11.6. The van der Waals surface area contributed by atoms with E-state index in [4.69, 9.17) is 0 Å². The summed E-state index contributed by atoms with van der Waals surface area (Å²) in [6, 6.07) is 12.2. The average molecular weight is 413 g/mol. The summed E-state index contributed by atoms with van der Waals surface area (Å²) in [5, 5.41) is 8.09. The maximum Gasteiger partial charge on any atom is 0.254 e. The minimum atomic E-state index is -0.695. The van der Waals surface area contributed by atoms with Gasteiger partial charge in [0, 0.05) is 18.7 Å².